The van der Waals surface area contributed by atoms with Crippen LogP contribution in [0.2, 0.25) is 0 Å². The molecule has 1 saturated carbocycles. The summed E-state index contributed by atoms with van der Waals surface area (Å²) in [5.74, 6) is 0.242. The van der Waals surface area contributed by atoms with Gasteiger partial charge in [-0.15, -0.1) is 0 Å². The summed E-state index contributed by atoms with van der Waals surface area (Å²) in [5.41, 5.74) is 3.65. The van der Waals surface area contributed by atoms with Crippen molar-refractivity contribution in [3.63, 3.8) is 0 Å². The van der Waals surface area contributed by atoms with E-state index in [2.05, 4.69) is 15.4 Å². The predicted octanol–water partition coefficient (Wildman–Crippen LogP) is 4.69. The summed E-state index contributed by atoms with van der Waals surface area (Å²) in [5, 5.41) is 7.23. The monoisotopic (exact) mass is 414 g/mol. The van der Waals surface area contributed by atoms with E-state index in [1.54, 1.807) is 23.9 Å². The molecule has 0 spiro atoms. The fraction of sp³-hybridized carbons (Fsp3) is 0.435. The minimum absolute atomic E-state index is 0.116. The molecular weight excluding hydrogens is 383 g/mol. The first kappa shape index (κ1) is 23.3. The molecule has 0 bridgehead atoms. The zero-order valence-corrected chi connectivity index (χ0v) is 18.6. The van der Waals surface area contributed by atoms with E-state index in [0.717, 1.165) is 24.1 Å². The van der Waals surface area contributed by atoms with Crippen LogP contribution in [-0.4, -0.2) is 35.2 Å². The largest absolute Gasteiger partial charge is 0.483 e. The lowest BCUT2D eigenvalue weighted by Crippen LogP contribution is -2.31. The SMILES string of the molecule is CC.COC(CNC(=O)c1cc(C2CC2)nn1C)=NC(=C(C)C)c1cccc(F)c1. The highest BCUT2D eigenvalue weighted by molar-refractivity contribution is 5.96. The topological polar surface area (TPSA) is 68.5 Å². The van der Waals surface area contributed by atoms with Crippen LogP contribution in [0.5, 0.6) is 0 Å². The molecule has 3 rings (SSSR count). The Labute approximate surface area is 177 Å². The number of nitrogens with zero attached hydrogens (tertiary/aromatic N) is 3. The number of ether oxygens (including phenoxy) is 1. The van der Waals surface area contributed by atoms with Gasteiger partial charge in [0.05, 0.1) is 25.0 Å². The van der Waals surface area contributed by atoms with Crippen molar-refractivity contribution in [3.8, 4) is 0 Å². The van der Waals surface area contributed by atoms with Gasteiger partial charge in [0.15, 0.2) is 0 Å². The van der Waals surface area contributed by atoms with Crippen LogP contribution in [0, 0.1) is 5.82 Å². The third kappa shape index (κ3) is 6.02. The van der Waals surface area contributed by atoms with Crippen LogP contribution in [0.3, 0.4) is 0 Å². The summed E-state index contributed by atoms with van der Waals surface area (Å²) in [6, 6.07) is 8.07. The lowest BCUT2D eigenvalue weighted by atomic mass is 10.1. The molecule has 1 N–H and O–H groups in total. The van der Waals surface area contributed by atoms with E-state index in [1.807, 2.05) is 33.8 Å². The average Bonchev–Trinajstić information content (AvgIpc) is 3.51. The highest BCUT2D eigenvalue weighted by Crippen LogP contribution is 2.39. The molecule has 2 aromatic rings. The molecule has 162 valence electrons. The third-order valence-electron chi connectivity index (χ3n) is 4.57. The predicted molar refractivity (Wildman–Crippen MR) is 118 cm³/mol. The van der Waals surface area contributed by atoms with Gasteiger partial charge in [-0.25, -0.2) is 9.38 Å². The van der Waals surface area contributed by atoms with Crippen LogP contribution in [0.1, 0.15) is 68.2 Å². The Morgan fingerprint density at radius 3 is 2.57 bits per heavy atom. The minimum atomic E-state index is -0.332. The van der Waals surface area contributed by atoms with Gasteiger partial charge in [-0.2, -0.15) is 5.10 Å². The van der Waals surface area contributed by atoms with E-state index >= 15 is 0 Å². The van der Waals surface area contributed by atoms with Crippen LogP contribution < -0.4 is 5.32 Å². The molecule has 1 aromatic carbocycles. The van der Waals surface area contributed by atoms with Gasteiger partial charge in [0.2, 0.25) is 5.90 Å². The Hall–Kier alpha value is -2.96. The molecule has 0 unspecified atom stereocenters. The van der Waals surface area contributed by atoms with Gasteiger partial charge < -0.3 is 10.1 Å². The molecule has 7 heteroatoms. The molecule has 1 aliphatic carbocycles. The van der Waals surface area contributed by atoms with Crippen LogP contribution in [0.4, 0.5) is 4.39 Å². The number of benzene rings is 1. The molecule has 0 radical (unpaired) electrons. The van der Waals surface area contributed by atoms with Crippen molar-refractivity contribution in [1.29, 1.82) is 0 Å². The number of aryl methyl sites for hydroxylation is 1. The van der Waals surface area contributed by atoms with Crippen molar-refractivity contribution in [2.75, 3.05) is 13.7 Å². The summed E-state index contributed by atoms with van der Waals surface area (Å²) in [6.45, 7) is 7.90. The minimum Gasteiger partial charge on any atom is -0.483 e. The molecule has 0 saturated heterocycles. The van der Waals surface area contributed by atoms with Gasteiger partial charge in [-0.3, -0.25) is 9.48 Å². The average molecular weight is 415 g/mol. The second-order valence-electron chi connectivity index (χ2n) is 7.10. The Morgan fingerprint density at radius 2 is 2.00 bits per heavy atom. The first-order valence-electron chi connectivity index (χ1n) is 10.3. The number of rotatable bonds is 6. The van der Waals surface area contributed by atoms with Crippen molar-refractivity contribution in [2.45, 2.75) is 46.5 Å². The number of carbonyl (C=O) groups is 1. The normalized spacial score (nSPS) is 13.2. The molecule has 1 heterocycles. The molecule has 0 aliphatic heterocycles. The van der Waals surface area contributed by atoms with Crippen molar-refractivity contribution in [1.82, 2.24) is 15.1 Å². The fourth-order valence-corrected chi connectivity index (χ4v) is 2.91. The number of halogens is 1. The number of allylic oxidation sites excluding steroid dienone is 1. The standard InChI is InChI=1S/C21H25FN4O2.C2H6/c1-13(2)20(15-6-5-7-16(22)10-15)24-19(28-4)12-23-21(27)18-11-17(14-8-9-14)25-26(18)3;1-2/h5-7,10-11,14H,8-9,12H2,1-4H3,(H,23,27);1-2H3. The van der Waals surface area contributed by atoms with Gasteiger partial charge in [-0.1, -0.05) is 26.0 Å². The fourth-order valence-electron chi connectivity index (χ4n) is 2.91. The van der Waals surface area contributed by atoms with E-state index in [-0.39, 0.29) is 18.3 Å². The van der Waals surface area contributed by atoms with Crippen molar-refractivity contribution >= 4 is 17.5 Å². The molecule has 1 fully saturated rings. The van der Waals surface area contributed by atoms with Crippen LogP contribution >= 0.6 is 0 Å². The first-order chi connectivity index (χ1) is 14.4. The van der Waals surface area contributed by atoms with E-state index in [0.29, 0.717) is 28.8 Å². The van der Waals surface area contributed by atoms with Gasteiger partial charge in [-0.05, 0) is 50.5 Å². The van der Waals surface area contributed by atoms with Crippen LogP contribution in [0.25, 0.3) is 5.70 Å². The summed E-state index contributed by atoms with van der Waals surface area (Å²) >= 11 is 0. The molecule has 1 amide bonds. The molecule has 1 aliphatic rings. The maximum Gasteiger partial charge on any atom is 0.269 e. The number of carbonyl (C=O) groups excluding carboxylic acids is 1. The summed E-state index contributed by atoms with van der Waals surface area (Å²) in [7, 11) is 3.26. The van der Waals surface area contributed by atoms with Gasteiger partial charge in [0.25, 0.3) is 5.91 Å². The molecule has 6 nitrogen and oxygen atoms in total. The zero-order valence-electron chi connectivity index (χ0n) is 18.6. The lowest BCUT2D eigenvalue weighted by molar-refractivity contribution is 0.0948. The lowest BCUT2D eigenvalue weighted by Gasteiger charge is -2.11. The Morgan fingerprint density at radius 1 is 1.30 bits per heavy atom. The van der Waals surface area contributed by atoms with E-state index < -0.39 is 0 Å². The maximum atomic E-state index is 13.6. The summed E-state index contributed by atoms with van der Waals surface area (Å²) in [6.07, 6.45) is 2.26. The number of amides is 1. The third-order valence-corrected chi connectivity index (χ3v) is 4.57. The van der Waals surface area contributed by atoms with Crippen LogP contribution in [0.15, 0.2) is 40.9 Å². The Balaban J connectivity index is 0.00000155. The van der Waals surface area contributed by atoms with E-state index in [9.17, 15) is 9.18 Å². The van der Waals surface area contributed by atoms with Crippen molar-refractivity contribution < 1.29 is 13.9 Å². The number of nitrogens with one attached hydrogen (secondary N) is 1. The Kier molecular flexibility index (Phi) is 8.33. The smallest absolute Gasteiger partial charge is 0.269 e. The van der Waals surface area contributed by atoms with E-state index in [4.69, 9.17) is 4.74 Å². The second-order valence-corrected chi connectivity index (χ2v) is 7.10. The molecule has 30 heavy (non-hydrogen) atoms. The van der Waals surface area contributed by atoms with Crippen molar-refractivity contribution in [3.05, 3.63) is 58.7 Å². The highest BCUT2D eigenvalue weighted by atomic mass is 19.1. The highest BCUT2D eigenvalue weighted by Gasteiger charge is 2.28. The van der Waals surface area contributed by atoms with Gasteiger partial charge in [0.1, 0.15) is 11.5 Å². The van der Waals surface area contributed by atoms with Gasteiger partial charge >= 0.3 is 0 Å². The number of aliphatic imine (C=N–C) groups is 1. The number of aromatic nitrogens is 2. The van der Waals surface area contributed by atoms with Gasteiger partial charge in [0, 0.05) is 18.5 Å². The first-order valence-corrected chi connectivity index (χ1v) is 10.3. The second kappa shape index (κ2) is 10.7. The summed E-state index contributed by atoms with van der Waals surface area (Å²) in [4.78, 5) is 17.0. The molecular formula is C23H31FN4O2. The number of hydrogen-bond donors (Lipinski definition) is 1. The Bertz CT molecular complexity index is 938. The van der Waals surface area contributed by atoms with E-state index in [1.165, 1.54) is 19.2 Å². The number of hydrogen-bond acceptors (Lipinski definition) is 4. The summed E-state index contributed by atoms with van der Waals surface area (Å²) < 4.78 is 20.5. The molecule has 0 atom stereocenters. The zero-order chi connectivity index (χ0) is 22.3. The quantitative estimate of drug-likeness (QED) is 0.551. The van der Waals surface area contributed by atoms with Crippen LogP contribution in [-0.2, 0) is 11.8 Å². The number of methoxy groups -OCH3 is 1. The molecule has 1 aromatic heterocycles. The maximum absolute atomic E-state index is 13.6. The van der Waals surface area contributed by atoms with Crippen molar-refractivity contribution in [2.24, 2.45) is 12.0 Å².